The first kappa shape index (κ1) is 24.3. The molecule has 0 radical (unpaired) electrons. The minimum Gasteiger partial charge on any atom is -0.354 e. The molecule has 2 amide bonds. The number of hydrogen-bond donors (Lipinski definition) is 1. The Morgan fingerprint density at radius 2 is 1.73 bits per heavy atom. The van der Waals surface area contributed by atoms with Crippen LogP contribution < -0.4 is 5.32 Å². The Morgan fingerprint density at radius 1 is 1.03 bits per heavy atom. The second-order valence-electron chi connectivity index (χ2n) is 7.20. The summed E-state index contributed by atoms with van der Waals surface area (Å²) in [7, 11) is 0. The van der Waals surface area contributed by atoms with Crippen molar-refractivity contribution in [2.24, 2.45) is 0 Å². The number of carbonyl (C=O) groups is 2. The van der Waals surface area contributed by atoms with E-state index in [1.54, 1.807) is 16.7 Å². The Morgan fingerprint density at radius 3 is 2.37 bits per heavy atom. The van der Waals surface area contributed by atoms with E-state index in [1.165, 1.54) is 0 Å². The molecule has 0 fully saturated rings. The van der Waals surface area contributed by atoms with Crippen LogP contribution in [-0.2, 0) is 21.9 Å². The molecule has 0 saturated heterocycles. The van der Waals surface area contributed by atoms with E-state index in [0.29, 0.717) is 30.3 Å². The Labute approximate surface area is 189 Å². The highest BCUT2D eigenvalue weighted by Gasteiger charge is 2.28. The monoisotopic (exact) mass is 446 g/mol. The van der Waals surface area contributed by atoms with Gasteiger partial charge < -0.3 is 10.2 Å². The third-order valence-electron chi connectivity index (χ3n) is 4.82. The first-order valence-electron chi connectivity index (χ1n) is 10.5. The fourth-order valence-electron chi connectivity index (χ4n) is 3.13. The van der Waals surface area contributed by atoms with E-state index < -0.39 is 6.04 Å². The lowest BCUT2D eigenvalue weighted by Crippen LogP contribution is -2.49. The summed E-state index contributed by atoms with van der Waals surface area (Å²) in [5.74, 6) is 0.962. The van der Waals surface area contributed by atoms with Crippen molar-refractivity contribution in [3.63, 3.8) is 0 Å². The summed E-state index contributed by atoms with van der Waals surface area (Å²) in [6.45, 7) is 5.12. The number of benzene rings is 2. The normalized spacial score (nSPS) is 11.7. The number of unbranched alkanes of at least 4 members (excludes halogenated alkanes) is 1. The fraction of sp³-hybridized carbons (Fsp3) is 0.417. The predicted octanol–water partition coefficient (Wildman–Crippen LogP) is 5.30. The molecule has 0 spiro atoms. The van der Waals surface area contributed by atoms with Crippen molar-refractivity contribution in [2.45, 2.75) is 51.4 Å². The summed E-state index contributed by atoms with van der Waals surface area (Å²) < 4.78 is 0. The molecule has 0 unspecified atom stereocenters. The highest BCUT2D eigenvalue weighted by atomic mass is 35.5. The van der Waals surface area contributed by atoms with Gasteiger partial charge in [-0.15, -0.1) is 11.8 Å². The quantitative estimate of drug-likeness (QED) is 0.450. The van der Waals surface area contributed by atoms with Gasteiger partial charge in [0.2, 0.25) is 11.8 Å². The average molecular weight is 447 g/mol. The molecule has 162 valence electrons. The van der Waals surface area contributed by atoms with Crippen molar-refractivity contribution in [3.8, 4) is 0 Å². The van der Waals surface area contributed by atoms with E-state index >= 15 is 0 Å². The van der Waals surface area contributed by atoms with Crippen LogP contribution in [0.2, 0.25) is 5.02 Å². The summed E-state index contributed by atoms with van der Waals surface area (Å²) in [5, 5.41) is 3.69. The van der Waals surface area contributed by atoms with Gasteiger partial charge in [-0.1, -0.05) is 74.3 Å². The maximum absolute atomic E-state index is 13.1. The molecule has 2 aromatic rings. The van der Waals surface area contributed by atoms with E-state index in [4.69, 9.17) is 11.6 Å². The van der Waals surface area contributed by atoms with Crippen molar-refractivity contribution >= 4 is 35.2 Å². The van der Waals surface area contributed by atoms with Gasteiger partial charge in [-0.3, -0.25) is 9.59 Å². The summed E-state index contributed by atoms with van der Waals surface area (Å²) >= 11 is 7.49. The van der Waals surface area contributed by atoms with Crippen molar-refractivity contribution in [1.82, 2.24) is 10.2 Å². The molecule has 0 aliphatic carbocycles. The number of thioether (sulfide) groups is 1. The molecule has 4 nitrogen and oxygen atoms in total. The molecular weight excluding hydrogens is 416 g/mol. The van der Waals surface area contributed by atoms with Gasteiger partial charge in [-0.05, 0) is 36.1 Å². The maximum Gasteiger partial charge on any atom is 0.242 e. The number of amides is 2. The SMILES string of the molecule is CCCCNC(=O)[C@H](CC)N(Cc1ccccc1)C(=O)CSCc1ccc(Cl)cc1. The molecule has 0 aromatic heterocycles. The van der Waals surface area contributed by atoms with Gasteiger partial charge in [0, 0.05) is 23.9 Å². The standard InChI is InChI=1S/C24H31ClN2O2S/c1-3-5-15-26-24(29)22(4-2)27(16-19-9-7-6-8-10-19)23(28)18-30-17-20-11-13-21(25)14-12-20/h6-14,22H,3-5,15-18H2,1-2H3,(H,26,29)/t22-/m0/s1. The van der Waals surface area contributed by atoms with Crippen molar-refractivity contribution in [1.29, 1.82) is 0 Å². The summed E-state index contributed by atoms with van der Waals surface area (Å²) in [6, 6.07) is 17.0. The molecule has 1 atom stereocenters. The molecule has 0 aliphatic rings. The largest absolute Gasteiger partial charge is 0.354 e. The Bertz CT molecular complexity index is 784. The fourth-order valence-corrected chi connectivity index (χ4v) is 4.12. The van der Waals surface area contributed by atoms with Crippen LogP contribution >= 0.6 is 23.4 Å². The second-order valence-corrected chi connectivity index (χ2v) is 8.62. The Kier molecular flexibility index (Phi) is 10.8. The number of nitrogens with one attached hydrogen (secondary N) is 1. The zero-order valence-corrected chi connectivity index (χ0v) is 19.3. The molecule has 2 rings (SSSR count). The molecule has 0 aliphatic heterocycles. The third-order valence-corrected chi connectivity index (χ3v) is 6.06. The lowest BCUT2D eigenvalue weighted by molar-refractivity contribution is -0.139. The average Bonchev–Trinajstić information content (AvgIpc) is 2.76. The van der Waals surface area contributed by atoms with E-state index in [9.17, 15) is 9.59 Å². The predicted molar refractivity (Wildman–Crippen MR) is 127 cm³/mol. The molecule has 30 heavy (non-hydrogen) atoms. The summed E-state index contributed by atoms with van der Waals surface area (Å²) in [6.07, 6.45) is 2.54. The lowest BCUT2D eigenvalue weighted by atomic mass is 10.1. The molecule has 0 heterocycles. The molecule has 0 saturated carbocycles. The summed E-state index contributed by atoms with van der Waals surface area (Å²) in [4.78, 5) is 27.6. The molecular formula is C24H31ClN2O2S. The summed E-state index contributed by atoms with van der Waals surface area (Å²) in [5.41, 5.74) is 2.14. The zero-order chi connectivity index (χ0) is 21.8. The topological polar surface area (TPSA) is 49.4 Å². The number of hydrogen-bond acceptors (Lipinski definition) is 3. The second kappa shape index (κ2) is 13.3. The number of carbonyl (C=O) groups excluding carboxylic acids is 2. The van der Waals surface area contributed by atoms with Gasteiger partial charge in [0.1, 0.15) is 6.04 Å². The van der Waals surface area contributed by atoms with Gasteiger partial charge in [0.25, 0.3) is 0 Å². The van der Waals surface area contributed by atoms with E-state index in [2.05, 4.69) is 12.2 Å². The molecule has 2 aromatic carbocycles. The third kappa shape index (κ3) is 8.04. The van der Waals surface area contributed by atoms with E-state index in [1.807, 2.05) is 61.5 Å². The first-order valence-corrected chi connectivity index (χ1v) is 12.0. The zero-order valence-electron chi connectivity index (χ0n) is 17.8. The van der Waals surface area contributed by atoms with E-state index in [-0.39, 0.29) is 11.8 Å². The van der Waals surface area contributed by atoms with Crippen LogP contribution in [0.25, 0.3) is 0 Å². The number of rotatable bonds is 12. The van der Waals surface area contributed by atoms with Gasteiger partial charge >= 0.3 is 0 Å². The van der Waals surface area contributed by atoms with Crippen LogP contribution in [0.4, 0.5) is 0 Å². The van der Waals surface area contributed by atoms with Crippen molar-refractivity contribution < 1.29 is 9.59 Å². The van der Waals surface area contributed by atoms with Gasteiger partial charge in [0.15, 0.2) is 0 Å². The van der Waals surface area contributed by atoms with Crippen LogP contribution in [-0.4, -0.2) is 35.1 Å². The number of halogens is 1. The van der Waals surface area contributed by atoms with Gasteiger partial charge in [0.05, 0.1) is 5.75 Å². The van der Waals surface area contributed by atoms with Crippen molar-refractivity contribution in [2.75, 3.05) is 12.3 Å². The molecule has 1 N–H and O–H groups in total. The minimum absolute atomic E-state index is 0.0182. The molecule has 6 heteroatoms. The Hall–Kier alpha value is -1.98. The van der Waals surface area contributed by atoms with E-state index in [0.717, 1.165) is 29.7 Å². The van der Waals surface area contributed by atoms with Crippen LogP contribution in [0.3, 0.4) is 0 Å². The lowest BCUT2D eigenvalue weighted by Gasteiger charge is -2.30. The first-order chi connectivity index (χ1) is 14.5. The van der Waals surface area contributed by atoms with Crippen LogP contribution in [0.5, 0.6) is 0 Å². The van der Waals surface area contributed by atoms with Crippen LogP contribution in [0.15, 0.2) is 54.6 Å². The van der Waals surface area contributed by atoms with Crippen LogP contribution in [0.1, 0.15) is 44.2 Å². The van der Waals surface area contributed by atoms with Gasteiger partial charge in [-0.25, -0.2) is 0 Å². The van der Waals surface area contributed by atoms with Gasteiger partial charge in [-0.2, -0.15) is 0 Å². The molecule has 0 bridgehead atoms. The van der Waals surface area contributed by atoms with Crippen molar-refractivity contribution in [3.05, 3.63) is 70.7 Å². The Balaban J connectivity index is 2.05. The number of nitrogens with zero attached hydrogens (tertiary/aromatic N) is 1. The maximum atomic E-state index is 13.1. The smallest absolute Gasteiger partial charge is 0.242 e. The van der Waals surface area contributed by atoms with Crippen LogP contribution in [0, 0.1) is 0 Å². The highest BCUT2D eigenvalue weighted by molar-refractivity contribution is 7.99. The minimum atomic E-state index is -0.467. The highest BCUT2D eigenvalue weighted by Crippen LogP contribution is 2.18.